The van der Waals surface area contributed by atoms with Crippen LogP contribution in [0.25, 0.3) is 0 Å². The second kappa shape index (κ2) is 14.2. The molecule has 1 saturated carbocycles. The standard InChI is InChI=1S/C22H32Cl2FN2O9P/c1-5-31-22(32-6-2)18(24)10-9-13(19(22)20(26)28)21(29)27-16-12-17(14(23)11-15(16)25)37(30,35-33-7-3)36-34-8-4/h11-13,18-19H,5-10H2,1-4H3,(H2,26,28)(H,27,29). The number of nitrogens with one attached hydrogen (secondary N) is 1. The Hall–Kier alpha value is -1.34. The van der Waals surface area contributed by atoms with Gasteiger partial charge in [0.25, 0.3) is 0 Å². The summed E-state index contributed by atoms with van der Waals surface area (Å²) in [5.74, 6) is -6.63. The van der Waals surface area contributed by atoms with Gasteiger partial charge in [-0.1, -0.05) is 11.6 Å². The van der Waals surface area contributed by atoms with Crippen LogP contribution in [0.2, 0.25) is 5.02 Å². The Kier molecular flexibility index (Phi) is 12.2. The second-order valence-corrected chi connectivity index (χ2v) is 10.6. The smallest absolute Gasteiger partial charge is 0.369 e. The molecule has 1 aliphatic carbocycles. The van der Waals surface area contributed by atoms with Crippen molar-refractivity contribution in [1.82, 2.24) is 0 Å². The van der Waals surface area contributed by atoms with E-state index in [9.17, 15) is 18.5 Å². The quantitative estimate of drug-likeness (QED) is 0.108. The van der Waals surface area contributed by atoms with Gasteiger partial charge in [-0.05, 0) is 52.7 Å². The summed E-state index contributed by atoms with van der Waals surface area (Å²) < 4.78 is 49.5. The fourth-order valence-electron chi connectivity index (χ4n) is 4.11. The van der Waals surface area contributed by atoms with Crippen LogP contribution in [-0.4, -0.2) is 49.4 Å². The topological polar surface area (TPSA) is 145 Å². The summed E-state index contributed by atoms with van der Waals surface area (Å²) in [7, 11) is -4.37. The molecule has 11 nitrogen and oxygen atoms in total. The van der Waals surface area contributed by atoms with Crippen LogP contribution in [0, 0.1) is 17.7 Å². The molecule has 0 saturated heterocycles. The van der Waals surface area contributed by atoms with Crippen molar-refractivity contribution in [3.05, 3.63) is 23.0 Å². The molecule has 3 unspecified atom stereocenters. The molecular formula is C22H32Cl2FN2O9P. The maximum Gasteiger partial charge on any atom is 0.416 e. The summed E-state index contributed by atoms with van der Waals surface area (Å²) in [5, 5.41) is 0.969. The molecule has 0 aromatic heterocycles. The van der Waals surface area contributed by atoms with Crippen LogP contribution in [0.5, 0.6) is 0 Å². The first-order valence-corrected chi connectivity index (χ1v) is 14.1. The summed E-state index contributed by atoms with van der Waals surface area (Å²) in [6, 6.07) is 1.79. The molecule has 0 aliphatic heterocycles. The van der Waals surface area contributed by atoms with Crippen molar-refractivity contribution in [2.24, 2.45) is 17.6 Å². The molecule has 1 aromatic rings. The SMILES string of the molecule is CCOOP(=O)(OOCC)c1cc(NC(=O)C2CCC(Cl)C(OCC)(OCC)C2C(N)=O)c(F)cc1Cl. The van der Waals surface area contributed by atoms with Crippen molar-refractivity contribution < 1.29 is 47.1 Å². The number of hydrogen-bond donors (Lipinski definition) is 2. The highest BCUT2D eigenvalue weighted by Crippen LogP contribution is 2.50. The number of benzene rings is 1. The van der Waals surface area contributed by atoms with E-state index in [0.29, 0.717) is 0 Å². The van der Waals surface area contributed by atoms with Crippen LogP contribution in [0.15, 0.2) is 12.1 Å². The monoisotopic (exact) mass is 588 g/mol. The van der Waals surface area contributed by atoms with E-state index in [1.807, 2.05) is 0 Å². The van der Waals surface area contributed by atoms with Gasteiger partial charge in [0.1, 0.15) is 11.7 Å². The van der Waals surface area contributed by atoms with Gasteiger partial charge in [0.05, 0.1) is 40.5 Å². The van der Waals surface area contributed by atoms with E-state index in [-0.39, 0.29) is 49.6 Å². The van der Waals surface area contributed by atoms with Gasteiger partial charge < -0.3 is 20.5 Å². The molecular weight excluding hydrogens is 557 g/mol. The van der Waals surface area contributed by atoms with E-state index in [0.717, 1.165) is 12.1 Å². The minimum absolute atomic E-state index is 0.00104. The van der Waals surface area contributed by atoms with E-state index in [2.05, 4.69) is 5.32 Å². The van der Waals surface area contributed by atoms with Crippen LogP contribution in [0.3, 0.4) is 0 Å². The van der Waals surface area contributed by atoms with Gasteiger partial charge in [-0.3, -0.25) is 9.59 Å². The predicted octanol–water partition coefficient (Wildman–Crippen LogP) is 4.06. The van der Waals surface area contributed by atoms with Gasteiger partial charge in [-0.2, -0.15) is 0 Å². The third-order valence-electron chi connectivity index (χ3n) is 5.51. The molecule has 0 radical (unpaired) electrons. The lowest BCUT2D eigenvalue weighted by atomic mass is 9.73. The summed E-state index contributed by atoms with van der Waals surface area (Å²) in [4.78, 5) is 35.5. The molecule has 2 rings (SSSR count). The Bertz CT molecular complexity index is 985. The van der Waals surface area contributed by atoms with Crippen LogP contribution in [0.4, 0.5) is 10.1 Å². The second-order valence-electron chi connectivity index (χ2n) is 7.85. The Morgan fingerprint density at radius 2 is 1.65 bits per heavy atom. The predicted molar refractivity (Wildman–Crippen MR) is 134 cm³/mol. The summed E-state index contributed by atoms with van der Waals surface area (Å²) in [6.07, 6.45) is 0.383. The highest BCUT2D eigenvalue weighted by Gasteiger charge is 2.58. The zero-order valence-electron chi connectivity index (χ0n) is 21.0. The fraction of sp³-hybridized carbons (Fsp3) is 0.636. The largest absolute Gasteiger partial charge is 0.416 e. The van der Waals surface area contributed by atoms with Crippen molar-refractivity contribution in [2.75, 3.05) is 31.7 Å². The highest BCUT2D eigenvalue weighted by atomic mass is 35.5. The van der Waals surface area contributed by atoms with Gasteiger partial charge in [0.2, 0.25) is 11.8 Å². The number of alkyl halides is 1. The number of ether oxygens (including phenoxy) is 2. The number of carbonyl (C=O) groups excluding carboxylic acids is 2. The Morgan fingerprint density at radius 1 is 1.08 bits per heavy atom. The van der Waals surface area contributed by atoms with Gasteiger partial charge in [0.15, 0.2) is 5.79 Å². The molecule has 3 atom stereocenters. The lowest BCUT2D eigenvalue weighted by molar-refractivity contribution is -0.275. The number of hydrogen-bond acceptors (Lipinski definition) is 9. The first kappa shape index (κ1) is 31.9. The molecule has 15 heteroatoms. The van der Waals surface area contributed by atoms with E-state index >= 15 is 0 Å². The Balaban J connectivity index is 2.47. The normalized spacial score (nSPS) is 21.5. The van der Waals surface area contributed by atoms with Gasteiger partial charge in [-0.25, -0.2) is 18.7 Å². The number of anilines is 1. The molecule has 210 valence electrons. The van der Waals surface area contributed by atoms with E-state index in [4.69, 9.17) is 57.5 Å². The molecule has 0 spiro atoms. The van der Waals surface area contributed by atoms with Crippen molar-refractivity contribution in [1.29, 1.82) is 0 Å². The van der Waals surface area contributed by atoms with E-state index < -0.39 is 53.9 Å². The molecule has 0 heterocycles. The molecule has 37 heavy (non-hydrogen) atoms. The number of carbonyl (C=O) groups is 2. The average molecular weight is 589 g/mol. The highest BCUT2D eigenvalue weighted by molar-refractivity contribution is 7.62. The fourth-order valence-corrected chi connectivity index (χ4v) is 6.24. The van der Waals surface area contributed by atoms with Gasteiger partial charge >= 0.3 is 7.60 Å². The van der Waals surface area contributed by atoms with Crippen LogP contribution in [-0.2, 0) is 42.8 Å². The maximum absolute atomic E-state index is 14.9. The van der Waals surface area contributed by atoms with Crippen molar-refractivity contribution in [2.45, 2.75) is 51.7 Å². The van der Waals surface area contributed by atoms with Gasteiger partial charge in [-0.15, -0.1) is 20.9 Å². The minimum Gasteiger partial charge on any atom is -0.369 e. The molecule has 1 fully saturated rings. The lowest BCUT2D eigenvalue weighted by Crippen LogP contribution is -2.62. The Labute approximate surface area is 224 Å². The molecule has 1 aliphatic rings. The summed E-state index contributed by atoms with van der Waals surface area (Å²) in [5.41, 5.74) is 5.27. The average Bonchev–Trinajstić information content (AvgIpc) is 2.84. The Morgan fingerprint density at radius 3 is 2.14 bits per heavy atom. The summed E-state index contributed by atoms with van der Waals surface area (Å²) >= 11 is 12.6. The molecule has 0 bridgehead atoms. The lowest BCUT2D eigenvalue weighted by Gasteiger charge is -2.47. The zero-order valence-corrected chi connectivity index (χ0v) is 23.4. The zero-order chi connectivity index (χ0) is 27.8. The minimum atomic E-state index is -4.37. The van der Waals surface area contributed by atoms with E-state index in [1.54, 1.807) is 27.7 Å². The first-order chi connectivity index (χ1) is 17.5. The number of rotatable bonds is 14. The number of halogens is 3. The number of nitrogens with two attached hydrogens (primary N) is 1. The summed E-state index contributed by atoms with van der Waals surface area (Å²) in [6.45, 7) is 6.77. The maximum atomic E-state index is 14.9. The van der Waals surface area contributed by atoms with Crippen LogP contribution in [0.1, 0.15) is 40.5 Å². The van der Waals surface area contributed by atoms with Crippen LogP contribution < -0.4 is 16.4 Å². The first-order valence-electron chi connectivity index (χ1n) is 11.7. The van der Waals surface area contributed by atoms with Gasteiger partial charge in [0, 0.05) is 13.2 Å². The number of primary amides is 1. The third kappa shape index (κ3) is 7.20. The van der Waals surface area contributed by atoms with Crippen molar-refractivity contribution in [3.8, 4) is 0 Å². The molecule has 3 N–H and O–H groups in total. The third-order valence-corrected chi connectivity index (χ3v) is 8.04. The van der Waals surface area contributed by atoms with Crippen LogP contribution >= 0.6 is 30.8 Å². The van der Waals surface area contributed by atoms with Crippen molar-refractivity contribution >= 4 is 53.6 Å². The molecule has 2 amide bonds. The molecule has 1 aromatic carbocycles. The van der Waals surface area contributed by atoms with Crippen molar-refractivity contribution in [3.63, 3.8) is 0 Å². The number of amides is 2. The van der Waals surface area contributed by atoms with E-state index in [1.165, 1.54) is 0 Å².